The molecule has 1 N–H and O–H groups in total. The number of hydrogen-bond donors (Lipinski definition) is 1. The fourth-order valence-electron chi connectivity index (χ4n) is 1.85. The Balaban J connectivity index is 2.09. The molecule has 2 aromatic rings. The number of amides is 1. The van der Waals surface area contributed by atoms with Gasteiger partial charge in [0.15, 0.2) is 11.9 Å². The first kappa shape index (κ1) is 17.2. The van der Waals surface area contributed by atoms with Crippen molar-refractivity contribution < 1.29 is 14.5 Å². The van der Waals surface area contributed by atoms with Gasteiger partial charge in [0, 0.05) is 16.8 Å². The van der Waals surface area contributed by atoms with Crippen molar-refractivity contribution in [3.05, 3.63) is 63.2 Å². The lowest BCUT2D eigenvalue weighted by molar-refractivity contribution is -0.386. The number of carbonyl (C=O) groups excluding carboxylic acids is 1. The number of nitro benzene ring substituents is 1. The fraction of sp³-hybridized carbons (Fsp3) is 0.125. The van der Waals surface area contributed by atoms with Crippen molar-refractivity contribution >= 4 is 28.9 Å². The maximum atomic E-state index is 12.1. The number of rotatable bonds is 5. The Bertz CT molecular complexity index is 815. The zero-order chi connectivity index (χ0) is 17.7. The number of nitriles is 1. The summed E-state index contributed by atoms with van der Waals surface area (Å²) in [5.74, 6) is -0.532. The SMILES string of the molecule is C[C@@H](Oc1ccc(Cl)cc1[N+](=O)[O-])C(=O)Nc1ccc(C#N)cc1. The van der Waals surface area contributed by atoms with Gasteiger partial charge in [-0.15, -0.1) is 0 Å². The number of nitro groups is 1. The van der Waals surface area contributed by atoms with E-state index in [2.05, 4.69) is 5.32 Å². The number of anilines is 1. The van der Waals surface area contributed by atoms with Crippen molar-refractivity contribution in [3.63, 3.8) is 0 Å². The van der Waals surface area contributed by atoms with Gasteiger partial charge < -0.3 is 10.1 Å². The zero-order valence-corrected chi connectivity index (χ0v) is 13.3. The topological polar surface area (TPSA) is 105 Å². The summed E-state index contributed by atoms with van der Waals surface area (Å²) in [7, 11) is 0. The largest absolute Gasteiger partial charge is 0.474 e. The second-order valence-electron chi connectivity index (χ2n) is 4.81. The molecule has 2 aromatic carbocycles. The first-order valence-corrected chi connectivity index (χ1v) is 7.20. The summed E-state index contributed by atoms with van der Waals surface area (Å²) in [5, 5.41) is 22.5. The van der Waals surface area contributed by atoms with E-state index >= 15 is 0 Å². The minimum atomic E-state index is -0.972. The molecule has 7 nitrogen and oxygen atoms in total. The Morgan fingerprint density at radius 3 is 2.58 bits per heavy atom. The molecule has 2 rings (SSSR count). The van der Waals surface area contributed by atoms with Crippen molar-refractivity contribution in [2.24, 2.45) is 0 Å². The van der Waals surface area contributed by atoms with Crippen LogP contribution < -0.4 is 10.1 Å². The standard InChI is InChI=1S/C16H12ClN3O4/c1-10(16(21)19-13-5-2-11(9-18)3-6-13)24-15-7-4-12(17)8-14(15)20(22)23/h2-8,10H,1H3,(H,19,21)/t10-/m1/s1. The number of benzene rings is 2. The van der Waals surface area contributed by atoms with Crippen LogP contribution in [0.1, 0.15) is 12.5 Å². The fourth-order valence-corrected chi connectivity index (χ4v) is 2.02. The van der Waals surface area contributed by atoms with E-state index in [1.807, 2.05) is 6.07 Å². The van der Waals surface area contributed by atoms with Gasteiger partial charge in [-0.3, -0.25) is 14.9 Å². The van der Waals surface area contributed by atoms with E-state index in [0.29, 0.717) is 11.3 Å². The maximum absolute atomic E-state index is 12.1. The normalized spacial score (nSPS) is 11.2. The summed E-state index contributed by atoms with van der Waals surface area (Å²) in [6.45, 7) is 1.47. The Kier molecular flexibility index (Phi) is 5.35. The van der Waals surface area contributed by atoms with E-state index in [0.717, 1.165) is 6.07 Å². The Hall–Kier alpha value is -3.11. The van der Waals surface area contributed by atoms with E-state index in [1.165, 1.54) is 19.1 Å². The molecule has 0 bridgehead atoms. The first-order chi connectivity index (χ1) is 11.4. The van der Waals surface area contributed by atoms with Gasteiger partial charge in [-0.05, 0) is 43.3 Å². The Morgan fingerprint density at radius 2 is 2.00 bits per heavy atom. The summed E-state index contributed by atoms with van der Waals surface area (Å²) in [6.07, 6.45) is -0.972. The minimum absolute atomic E-state index is 0.0492. The predicted octanol–water partition coefficient (Wildman–Crippen LogP) is 3.53. The Labute approximate surface area is 142 Å². The lowest BCUT2D eigenvalue weighted by Crippen LogP contribution is -2.30. The monoisotopic (exact) mass is 345 g/mol. The maximum Gasteiger partial charge on any atom is 0.312 e. The summed E-state index contributed by atoms with van der Waals surface area (Å²) in [5.41, 5.74) is 0.634. The van der Waals surface area contributed by atoms with Crippen LogP contribution in [0.4, 0.5) is 11.4 Å². The predicted molar refractivity (Wildman–Crippen MR) is 88.0 cm³/mol. The van der Waals surface area contributed by atoms with Crippen LogP contribution in [-0.2, 0) is 4.79 Å². The molecule has 0 aliphatic carbocycles. The quantitative estimate of drug-likeness (QED) is 0.659. The zero-order valence-electron chi connectivity index (χ0n) is 12.5. The molecule has 0 heterocycles. The van der Waals surface area contributed by atoms with Crippen LogP contribution in [0.15, 0.2) is 42.5 Å². The van der Waals surface area contributed by atoms with Crippen LogP contribution in [0.5, 0.6) is 5.75 Å². The summed E-state index contributed by atoms with van der Waals surface area (Å²) < 4.78 is 5.38. The highest BCUT2D eigenvalue weighted by molar-refractivity contribution is 6.30. The molecule has 1 atom stereocenters. The Morgan fingerprint density at radius 1 is 1.33 bits per heavy atom. The number of hydrogen-bond acceptors (Lipinski definition) is 5. The molecule has 122 valence electrons. The van der Waals surface area contributed by atoms with E-state index in [9.17, 15) is 14.9 Å². The van der Waals surface area contributed by atoms with Crippen molar-refractivity contribution in [2.75, 3.05) is 5.32 Å². The molecule has 0 saturated heterocycles. The third kappa shape index (κ3) is 4.21. The van der Waals surface area contributed by atoms with Crippen molar-refractivity contribution in [3.8, 4) is 11.8 Å². The van der Waals surface area contributed by atoms with E-state index < -0.39 is 16.9 Å². The second kappa shape index (κ2) is 7.44. The second-order valence-corrected chi connectivity index (χ2v) is 5.24. The molecule has 0 aliphatic heterocycles. The van der Waals surface area contributed by atoms with Gasteiger partial charge in [-0.2, -0.15) is 5.26 Å². The van der Waals surface area contributed by atoms with Gasteiger partial charge in [-0.1, -0.05) is 11.6 Å². The highest BCUT2D eigenvalue weighted by Gasteiger charge is 2.21. The molecule has 0 saturated carbocycles. The van der Waals surface area contributed by atoms with Gasteiger partial charge >= 0.3 is 5.69 Å². The lowest BCUT2D eigenvalue weighted by atomic mass is 10.2. The van der Waals surface area contributed by atoms with Crippen LogP contribution in [-0.4, -0.2) is 16.9 Å². The molecule has 0 unspecified atom stereocenters. The number of nitrogens with one attached hydrogen (secondary N) is 1. The van der Waals surface area contributed by atoms with Crippen LogP contribution in [0, 0.1) is 21.4 Å². The molecule has 0 aliphatic rings. The molecular weight excluding hydrogens is 334 g/mol. The molecular formula is C16H12ClN3O4. The smallest absolute Gasteiger partial charge is 0.312 e. The number of nitrogens with zero attached hydrogens (tertiary/aromatic N) is 2. The van der Waals surface area contributed by atoms with Crippen LogP contribution in [0.2, 0.25) is 5.02 Å². The van der Waals surface area contributed by atoms with Gasteiger partial charge in [0.25, 0.3) is 5.91 Å². The van der Waals surface area contributed by atoms with Crippen molar-refractivity contribution in [1.82, 2.24) is 0 Å². The average Bonchev–Trinajstić information content (AvgIpc) is 2.56. The highest BCUT2D eigenvalue weighted by Crippen LogP contribution is 2.30. The van der Waals surface area contributed by atoms with Crippen molar-refractivity contribution in [1.29, 1.82) is 5.26 Å². The molecule has 0 aromatic heterocycles. The van der Waals surface area contributed by atoms with Gasteiger partial charge in [0.1, 0.15) is 0 Å². The number of carbonyl (C=O) groups is 1. The highest BCUT2D eigenvalue weighted by atomic mass is 35.5. The first-order valence-electron chi connectivity index (χ1n) is 6.82. The van der Waals surface area contributed by atoms with Crippen LogP contribution in [0.3, 0.4) is 0 Å². The van der Waals surface area contributed by atoms with E-state index in [1.54, 1.807) is 24.3 Å². The molecule has 0 fully saturated rings. The minimum Gasteiger partial charge on any atom is -0.474 e. The molecule has 0 spiro atoms. The summed E-state index contributed by atoms with van der Waals surface area (Å²) in [6, 6.07) is 12.2. The third-order valence-corrected chi connectivity index (χ3v) is 3.31. The average molecular weight is 346 g/mol. The molecule has 8 heteroatoms. The molecule has 0 radical (unpaired) electrons. The number of ether oxygens (including phenoxy) is 1. The summed E-state index contributed by atoms with van der Waals surface area (Å²) >= 11 is 5.73. The molecule has 1 amide bonds. The lowest BCUT2D eigenvalue weighted by Gasteiger charge is -2.15. The summed E-state index contributed by atoms with van der Waals surface area (Å²) in [4.78, 5) is 22.5. The van der Waals surface area contributed by atoms with Gasteiger partial charge in [0.2, 0.25) is 0 Å². The molecule has 24 heavy (non-hydrogen) atoms. The third-order valence-electron chi connectivity index (χ3n) is 3.07. The van der Waals surface area contributed by atoms with Crippen LogP contribution >= 0.6 is 11.6 Å². The number of halogens is 1. The van der Waals surface area contributed by atoms with Crippen molar-refractivity contribution in [2.45, 2.75) is 13.0 Å². The van der Waals surface area contributed by atoms with Gasteiger partial charge in [-0.25, -0.2) is 0 Å². The van der Waals surface area contributed by atoms with Gasteiger partial charge in [0.05, 0.1) is 16.6 Å². The van der Waals surface area contributed by atoms with E-state index in [4.69, 9.17) is 21.6 Å². The van der Waals surface area contributed by atoms with E-state index in [-0.39, 0.29) is 16.5 Å². The van der Waals surface area contributed by atoms with Crippen LogP contribution in [0.25, 0.3) is 0 Å².